The second kappa shape index (κ2) is 10.1. The summed E-state index contributed by atoms with van der Waals surface area (Å²) in [5, 5.41) is 6.21. The van der Waals surface area contributed by atoms with Crippen LogP contribution in [0.15, 0.2) is 78.9 Å². The summed E-state index contributed by atoms with van der Waals surface area (Å²) in [7, 11) is 1.75. The first-order chi connectivity index (χ1) is 14.4. The Bertz CT molecular complexity index is 1010. The van der Waals surface area contributed by atoms with Gasteiger partial charge in [0, 0.05) is 5.69 Å². The Hall–Kier alpha value is -3.15. The van der Waals surface area contributed by atoms with Crippen molar-refractivity contribution >= 4 is 34.8 Å². The molecule has 0 fully saturated rings. The van der Waals surface area contributed by atoms with Gasteiger partial charge in [-0.15, -0.1) is 0 Å². The minimum absolute atomic E-state index is 0.0199. The van der Waals surface area contributed by atoms with Gasteiger partial charge in [0.1, 0.15) is 6.04 Å². The highest BCUT2D eigenvalue weighted by Crippen LogP contribution is 2.23. The second-order valence-corrected chi connectivity index (χ2v) is 7.52. The predicted octanol–water partition coefficient (Wildman–Crippen LogP) is 4.90. The van der Waals surface area contributed by atoms with E-state index in [1.165, 1.54) is 0 Å². The molecule has 0 aliphatic heterocycles. The molecular weight excluding hydrogens is 398 g/mol. The van der Waals surface area contributed by atoms with Gasteiger partial charge in [0.15, 0.2) is 0 Å². The average Bonchev–Trinajstić information content (AvgIpc) is 2.72. The van der Waals surface area contributed by atoms with Crippen LogP contribution in [0.25, 0.3) is 0 Å². The summed E-state index contributed by atoms with van der Waals surface area (Å²) in [5.74, 6) is -0.465. The molecule has 3 rings (SSSR count). The highest BCUT2D eigenvalue weighted by atomic mass is 35.5. The standard InChI is InChI=1S/C24H24ClN3O2/c1-17-12-14-19(15-13-17)26-24(30)23(18-8-4-3-5-9-18)28(2)16-22(29)27-21-11-7-6-10-20(21)25/h3-15,23H,16H2,1-2H3,(H,26,30)(H,27,29). The number of nitrogens with zero attached hydrogens (tertiary/aromatic N) is 1. The highest BCUT2D eigenvalue weighted by molar-refractivity contribution is 6.33. The summed E-state index contributed by atoms with van der Waals surface area (Å²) in [6.45, 7) is 2.01. The summed E-state index contributed by atoms with van der Waals surface area (Å²) < 4.78 is 0. The number of aryl methyl sites for hydroxylation is 1. The molecule has 2 amide bonds. The number of rotatable bonds is 7. The summed E-state index contributed by atoms with van der Waals surface area (Å²) >= 11 is 6.12. The summed E-state index contributed by atoms with van der Waals surface area (Å²) in [6, 6.07) is 23.4. The van der Waals surface area contributed by atoms with E-state index in [-0.39, 0.29) is 18.4 Å². The lowest BCUT2D eigenvalue weighted by atomic mass is 10.0. The van der Waals surface area contributed by atoms with E-state index in [1.54, 1.807) is 36.2 Å². The summed E-state index contributed by atoms with van der Waals surface area (Å²) in [6.07, 6.45) is 0. The molecule has 5 nitrogen and oxygen atoms in total. The van der Waals surface area contributed by atoms with E-state index in [2.05, 4.69) is 10.6 Å². The minimum atomic E-state index is -0.635. The first-order valence-electron chi connectivity index (χ1n) is 9.61. The van der Waals surface area contributed by atoms with Crippen LogP contribution in [-0.4, -0.2) is 30.3 Å². The monoisotopic (exact) mass is 421 g/mol. The lowest BCUT2D eigenvalue weighted by Crippen LogP contribution is -2.39. The maximum Gasteiger partial charge on any atom is 0.246 e. The largest absolute Gasteiger partial charge is 0.324 e. The van der Waals surface area contributed by atoms with Crippen molar-refractivity contribution in [1.29, 1.82) is 0 Å². The van der Waals surface area contributed by atoms with Gasteiger partial charge < -0.3 is 10.6 Å². The molecule has 0 aromatic heterocycles. The van der Waals surface area contributed by atoms with Crippen LogP contribution in [0.3, 0.4) is 0 Å². The molecule has 3 aromatic carbocycles. The van der Waals surface area contributed by atoms with Crippen molar-refractivity contribution in [2.24, 2.45) is 0 Å². The number of para-hydroxylation sites is 1. The molecule has 1 unspecified atom stereocenters. The molecule has 0 saturated carbocycles. The van der Waals surface area contributed by atoms with E-state index in [9.17, 15) is 9.59 Å². The van der Waals surface area contributed by atoms with Gasteiger partial charge >= 0.3 is 0 Å². The number of carbonyl (C=O) groups is 2. The average molecular weight is 422 g/mol. The minimum Gasteiger partial charge on any atom is -0.324 e. The Morgan fingerprint density at radius 3 is 2.20 bits per heavy atom. The quantitative estimate of drug-likeness (QED) is 0.570. The predicted molar refractivity (Wildman–Crippen MR) is 122 cm³/mol. The van der Waals surface area contributed by atoms with Crippen LogP contribution >= 0.6 is 11.6 Å². The molecule has 154 valence electrons. The van der Waals surface area contributed by atoms with Crippen LogP contribution < -0.4 is 10.6 Å². The number of carbonyl (C=O) groups excluding carboxylic acids is 2. The number of nitrogens with one attached hydrogen (secondary N) is 2. The smallest absolute Gasteiger partial charge is 0.246 e. The molecule has 1 atom stereocenters. The third-order valence-corrected chi connectivity index (χ3v) is 4.99. The maximum absolute atomic E-state index is 13.1. The number of halogens is 1. The number of amides is 2. The van der Waals surface area contributed by atoms with Crippen LogP contribution in [0, 0.1) is 6.92 Å². The van der Waals surface area contributed by atoms with Crippen molar-refractivity contribution in [2.45, 2.75) is 13.0 Å². The highest BCUT2D eigenvalue weighted by Gasteiger charge is 2.26. The van der Waals surface area contributed by atoms with Crippen LogP contribution in [-0.2, 0) is 9.59 Å². The zero-order valence-corrected chi connectivity index (χ0v) is 17.7. The molecule has 0 bridgehead atoms. The van der Waals surface area contributed by atoms with Crippen LogP contribution in [0.4, 0.5) is 11.4 Å². The molecule has 3 aromatic rings. The van der Waals surface area contributed by atoms with Gasteiger partial charge in [0.05, 0.1) is 17.3 Å². The number of hydrogen-bond donors (Lipinski definition) is 2. The lowest BCUT2D eigenvalue weighted by Gasteiger charge is -2.27. The molecule has 0 saturated heterocycles. The number of likely N-dealkylation sites (N-methyl/N-ethyl adjacent to an activating group) is 1. The first-order valence-corrected chi connectivity index (χ1v) is 9.99. The fourth-order valence-electron chi connectivity index (χ4n) is 3.16. The second-order valence-electron chi connectivity index (χ2n) is 7.11. The van der Waals surface area contributed by atoms with Crippen molar-refractivity contribution in [2.75, 3.05) is 24.2 Å². The molecule has 2 N–H and O–H groups in total. The van der Waals surface area contributed by atoms with Crippen molar-refractivity contribution < 1.29 is 9.59 Å². The molecule has 0 spiro atoms. The maximum atomic E-state index is 13.1. The van der Waals surface area contributed by atoms with E-state index in [0.717, 1.165) is 11.1 Å². The van der Waals surface area contributed by atoms with E-state index >= 15 is 0 Å². The molecule has 0 radical (unpaired) electrons. The normalized spacial score (nSPS) is 11.7. The third kappa shape index (κ3) is 5.69. The lowest BCUT2D eigenvalue weighted by molar-refractivity contribution is -0.123. The van der Waals surface area contributed by atoms with Gasteiger partial charge in [-0.25, -0.2) is 0 Å². The molecular formula is C24H24ClN3O2. The Kier molecular flexibility index (Phi) is 7.22. The van der Waals surface area contributed by atoms with Gasteiger partial charge in [0.25, 0.3) is 0 Å². The fraction of sp³-hybridized carbons (Fsp3) is 0.167. The summed E-state index contributed by atoms with van der Waals surface area (Å²) in [5.41, 5.74) is 3.16. The zero-order chi connectivity index (χ0) is 21.5. The molecule has 0 aliphatic rings. The van der Waals surface area contributed by atoms with Crippen molar-refractivity contribution in [3.8, 4) is 0 Å². The fourth-order valence-corrected chi connectivity index (χ4v) is 3.34. The SMILES string of the molecule is Cc1ccc(NC(=O)C(c2ccccc2)N(C)CC(=O)Nc2ccccc2Cl)cc1. The van der Waals surface area contributed by atoms with Gasteiger partial charge in [-0.3, -0.25) is 14.5 Å². The Labute approximate surface area is 181 Å². The van der Waals surface area contributed by atoms with Crippen molar-refractivity contribution in [3.63, 3.8) is 0 Å². The Morgan fingerprint density at radius 2 is 1.53 bits per heavy atom. The molecule has 30 heavy (non-hydrogen) atoms. The topological polar surface area (TPSA) is 61.4 Å². The molecule has 0 heterocycles. The van der Waals surface area contributed by atoms with Gasteiger partial charge in [0.2, 0.25) is 11.8 Å². The molecule has 6 heteroatoms. The Morgan fingerprint density at radius 1 is 0.900 bits per heavy atom. The molecule has 0 aliphatic carbocycles. The van der Waals surface area contributed by atoms with Crippen LogP contribution in [0.5, 0.6) is 0 Å². The number of anilines is 2. The number of hydrogen-bond acceptors (Lipinski definition) is 3. The van der Waals surface area contributed by atoms with Gasteiger partial charge in [-0.05, 0) is 43.8 Å². The van der Waals surface area contributed by atoms with E-state index in [1.807, 2.05) is 61.5 Å². The van der Waals surface area contributed by atoms with E-state index < -0.39 is 6.04 Å². The van der Waals surface area contributed by atoms with Crippen molar-refractivity contribution in [1.82, 2.24) is 4.90 Å². The van der Waals surface area contributed by atoms with E-state index in [0.29, 0.717) is 16.4 Å². The van der Waals surface area contributed by atoms with E-state index in [4.69, 9.17) is 11.6 Å². The first kappa shape index (κ1) is 21.6. The van der Waals surface area contributed by atoms with Crippen molar-refractivity contribution in [3.05, 3.63) is 95.0 Å². The Balaban J connectivity index is 1.76. The van der Waals surface area contributed by atoms with Crippen LogP contribution in [0.1, 0.15) is 17.2 Å². The summed E-state index contributed by atoms with van der Waals surface area (Å²) in [4.78, 5) is 27.4. The van der Waals surface area contributed by atoms with Gasteiger partial charge in [-0.1, -0.05) is 71.8 Å². The van der Waals surface area contributed by atoms with Crippen LogP contribution in [0.2, 0.25) is 5.02 Å². The third-order valence-electron chi connectivity index (χ3n) is 4.66. The number of benzene rings is 3. The zero-order valence-electron chi connectivity index (χ0n) is 16.9. The van der Waals surface area contributed by atoms with Gasteiger partial charge in [-0.2, -0.15) is 0 Å².